The van der Waals surface area contributed by atoms with Crippen LogP contribution in [0.4, 0.5) is 0 Å². The molecule has 1 aromatic rings. The van der Waals surface area contributed by atoms with Crippen LogP contribution in [0.2, 0.25) is 0 Å². The van der Waals surface area contributed by atoms with Crippen molar-refractivity contribution < 1.29 is 9.47 Å². The van der Waals surface area contributed by atoms with Crippen molar-refractivity contribution in [1.82, 2.24) is 0 Å². The van der Waals surface area contributed by atoms with Gasteiger partial charge in [0.05, 0.1) is 11.7 Å². The molecular weight excluding hydrogens is 404 g/mol. The van der Waals surface area contributed by atoms with Crippen LogP contribution in [0.25, 0.3) is 0 Å². The molecule has 0 saturated carbocycles. The molecule has 160 valence electrons. The molecule has 2 nitrogen and oxygen atoms in total. The summed E-state index contributed by atoms with van der Waals surface area (Å²) in [5, 5.41) is 1.69. The molecule has 3 rings (SSSR count). The zero-order valence-corrected chi connectivity index (χ0v) is 20.8. The van der Waals surface area contributed by atoms with E-state index in [0.717, 1.165) is 39.3 Å². The van der Waals surface area contributed by atoms with Crippen molar-refractivity contribution in [2.24, 2.45) is 11.8 Å². The second-order valence-corrected chi connectivity index (χ2v) is 12.1. The van der Waals surface area contributed by atoms with Crippen LogP contribution in [0.5, 0.6) is 5.75 Å². The summed E-state index contributed by atoms with van der Waals surface area (Å²) in [6.07, 6.45) is 5.16. The third-order valence-electron chi connectivity index (χ3n) is 5.54. The van der Waals surface area contributed by atoms with Crippen molar-refractivity contribution in [2.75, 3.05) is 13.7 Å². The molecule has 2 fully saturated rings. The van der Waals surface area contributed by atoms with Gasteiger partial charge in [0.1, 0.15) is 11.2 Å². The Bertz CT molecular complexity index is 551. The lowest BCUT2D eigenvalue weighted by molar-refractivity contribution is 0.116. The Balaban J connectivity index is 0.000000221. The second-order valence-electron chi connectivity index (χ2n) is 7.70. The van der Waals surface area contributed by atoms with Gasteiger partial charge in [0.15, 0.2) is 0 Å². The standard InChI is InChI=1S/C14H20OS2.C9H18OS/c1-4-13-10(2)9-14(17-13)16-12-7-5-11(15-3)6-8-12;1-4-8-7(3)6-9(11-8)10-5-2/h5-8,10,13-14H,4,9H2,1-3H3;7-9H,4-6H2,1-3H3/t10-,13+,14?;7-,8+,9?/m00/s1. The molecule has 0 aliphatic carbocycles. The van der Waals surface area contributed by atoms with Crippen LogP contribution >= 0.6 is 35.3 Å². The Morgan fingerprint density at radius 1 is 0.929 bits per heavy atom. The highest BCUT2D eigenvalue weighted by atomic mass is 32.2. The van der Waals surface area contributed by atoms with Crippen molar-refractivity contribution in [3.63, 3.8) is 0 Å². The van der Waals surface area contributed by atoms with E-state index in [0.29, 0.717) is 5.44 Å². The molecule has 5 heteroatoms. The molecule has 0 spiro atoms. The molecule has 0 radical (unpaired) electrons. The SMILES string of the molecule is CCOC1C[C@H](C)[C@@H](CC)S1.CC[C@H]1SC(Sc2ccc(OC)cc2)C[C@@H]1C. The number of rotatable bonds is 7. The number of ether oxygens (including phenoxy) is 2. The lowest BCUT2D eigenvalue weighted by Crippen LogP contribution is -2.05. The van der Waals surface area contributed by atoms with Crippen LogP contribution in [0.3, 0.4) is 0 Å². The van der Waals surface area contributed by atoms with E-state index >= 15 is 0 Å². The molecule has 6 atom stereocenters. The molecule has 2 aliphatic rings. The number of thioether (sulfide) groups is 3. The zero-order valence-electron chi connectivity index (χ0n) is 18.4. The molecule has 2 unspecified atom stereocenters. The van der Waals surface area contributed by atoms with E-state index in [2.05, 4.69) is 58.5 Å². The lowest BCUT2D eigenvalue weighted by atomic mass is 10.0. The predicted molar refractivity (Wildman–Crippen MR) is 129 cm³/mol. The summed E-state index contributed by atoms with van der Waals surface area (Å²) >= 11 is 6.18. The smallest absolute Gasteiger partial charge is 0.118 e. The van der Waals surface area contributed by atoms with Crippen LogP contribution in [0.15, 0.2) is 29.2 Å². The van der Waals surface area contributed by atoms with Crippen molar-refractivity contribution in [3.05, 3.63) is 24.3 Å². The normalized spacial score (nSPS) is 32.1. The Morgan fingerprint density at radius 2 is 1.54 bits per heavy atom. The van der Waals surface area contributed by atoms with Gasteiger partial charge in [0.25, 0.3) is 0 Å². The highest BCUT2D eigenvalue weighted by Gasteiger charge is 2.31. The van der Waals surface area contributed by atoms with Gasteiger partial charge in [-0.05, 0) is 68.7 Å². The molecule has 2 aliphatic heterocycles. The summed E-state index contributed by atoms with van der Waals surface area (Å²) in [5.41, 5.74) is 0.486. The molecule has 2 heterocycles. The Labute approximate surface area is 185 Å². The highest BCUT2D eigenvalue weighted by Crippen LogP contribution is 2.47. The molecule has 0 aromatic heterocycles. The first-order chi connectivity index (χ1) is 13.5. The fraction of sp³-hybridized carbons (Fsp3) is 0.739. The lowest BCUT2D eigenvalue weighted by Gasteiger charge is -2.10. The summed E-state index contributed by atoms with van der Waals surface area (Å²) in [6, 6.07) is 8.41. The van der Waals surface area contributed by atoms with E-state index in [-0.39, 0.29) is 0 Å². The maximum absolute atomic E-state index is 5.57. The van der Waals surface area contributed by atoms with E-state index in [1.807, 2.05) is 35.7 Å². The maximum atomic E-state index is 5.57. The van der Waals surface area contributed by atoms with Gasteiger partial charge in [-0.25, -0.2) is 0 Å². The predicted octanol–water partition coefficient (Wildman–Crippen LogP) is 7.57. The topological polar surface area (TPSA) is 18.5 Å². The summed E-state index contributed by atoms with van der Waals surface area (Å²) in [4.78, 5) is 1.35. The number of benzene rings is 1. The van der Waals surface area contributed by atoms with E-state index in [4.69, 9.17) is 9.47 Å². The third-order valence-corrected chi connectivity index (χ3v) is 10.6. The third kappa shape index (κ3) is 7.37. The van der Waals surface area contributed by atoms with E-state index in [9.17, 15) is 0 Å². The van der Waals surface area contributed by atoms with Crippen LogP contribution in [-0.2, 0) is 4.74 Å². The van der Waals surface area contributed by atoms with Gasteiger partial charge in [0, 0.05) is 22.0 Å². The van der Waals surface area contributed by atoms with Gasteiger partial charge in [-0.1, -0.05) is 27.7 Å². The van der Waals surface area contributed by atoms with E-state index in [1.54, 1.807) is 7.11 Å². The minimum atomic E-state index is 0.486. The van der Waals surface area contributed by atoms with Crippen molar-refractivity contribution >= 4 is 35.3 Å². The molecule has 1 aromatic carbocycles. The Kier molecular flexibility index (Phi) is 11.0. The fourth-order valence-corrected chi connectivity index (χ4v) is 8.80. The molecule has 2 saturated heterocycles. The van der Waals surface area contributed by atoms with Crippen LogP contribution in [0.1, 0.15) is 60.3 Å². The van der Waals surface area contributed by atoms with Crippen molar-refractivity contribution in [3.8, 4) is 5.75 Å². The second kappa shape index (κ2) is 12.7. The monoisotopic (exact) mass is 442 g/mol. The highest BCUT2D eigenvalue weighted by molar-refractivity contribution is 8.17. The first-order valence-corrected chi connectivity index (χ1v) is 13.5. The van der Waals surface area contributed by atoms with Crippen LogP contribution in [-0.4, -0.2) is 34.2 Å². The van der Waals surface area contributed by atoms with Gasteiger partial charge in [0.2, 0.25) is 0 Å². The first kappa shape index (κ1) is 24.3. The van der Waals surface area contributed by atoms with Crippen LogP contribution < -0.4 is 4.74 Å². The quantitative estimate of drug-likeness (QED) is 0.432. The maximum Gasteiger partial charge on any atom is 0.118 e. The summed E-state index contributed by atoms with van der Waals surface area (Å²) in [6.45, 7) is 12.2. The van der Waals surface area contributed by atoms with Crippen LogP contribution in [0, 0.1) is 11.8 Å². The number of methoxy groups -OCH3 is 1. The van der Waals surface area contributed by atoms with Crippen molar-refractivity contribution in [1.29, 1.82) is 0 Å². The largest absolute Gasteiger partial charge is 0.497 e. The molecule has 0 N–H and O–H groups in total. The molecule has 0 amide bonds. The Hall–Kier alpha value is 0.0300. The van der Waals surface area contributed by atoms with E-state index < -0.39 is 0 Å². The molecule has 28 heavy (non-hydrogen) atoms. The van der Waals surface area contributed by atoms with Gasteiger partial charge in [-0.3, -0.25) is 0 Å². The molecule has 0 bridgehead atoms. The number of hydrogen-bond acceptors (Lipinski definition) is 5. The molecular formula is C23H38O2S3. The zero-order chi connectivity index (χ0) is 20.5. The van der Waals surface area contributed by atoms with Crippen molar-refractivity contribution in [2.45, 2.75) is 85.7 Å². The van der Waals surface area contributed by atoms with Gasteiger partial charge in [-0.2, -0.15) is 0 Å². The fourth-order valence-electron chi connectivity index (χ4n) is 3.85. The summed E-state index contributed by atoms with van der Waals surface area (Å²) < 4.78 is 11.5. The summed E-state index contributed by atoms with van der Waals surface area (Å²) in [5.74, 6) is 2.65. The van der Waals surface area contributed by atoms with E-state index in [1.165, 1.54) is 30.6 Å². The van der Waals surface area contributed by atoms with Gasteiger partial charge in [-0.15, -0.1) is 35.3 Å². The Morgan fingerprint density at radius 3 is 2.04 bits per heavy atom. The van der Waals surface area contributed by atoms with Gasteiger partial charge >= 0.3 is 0 Å². The first-order valence-electron chi connectivity index (χ1n) is 10.7. The minimum Gasteiger partial charge on any atom is -0.497 e. The summed E-state index contributed by atoms with van der Waals surface area (Å²) in [7, 11) is 1.71. The van der Waals surface area contributed by atoms with Gasteiger partial charge < -0.3 is 9.47 Å². The average molecular weight is 443 g/mol. The minimum absolute atomic E-state index is 0.486. The average Bonchev–Trinajstić information content (AvgIpc) is 3.24. The number of hydrogen-bond donors (Lipinski definition) is 0.